The summed E-state index contributed by atoms with van der Waals surface area (Å²) in [4.78, 5) is 5.23. The highest BCUT2D eigenvalue weighted by Gasteiger charge is 2.06. The summed E-state index contributed by atoms with van der Waals surface area (Å²) in [7, 11) is 0. The molecule has 0 fully saturated rings. The van der Waals surface area contributed by atoms with E-state index in [-0.39, 0.29) is 0 Å². The SMILES string of the molecule is Nc1ncc(-c2cc3ccccc3s2)cc1Cl. The van der Waals surface area contributed by atoms with Crippen LogP contribution in [0, 0.1) is 0 Å². The number of nitrogens with two attached hydrogens (primary N) is 1. The fourth-order valence-electron chi connectivity index (χ4n) is 1.71. The molecule has 2 N–H and O–H groups in total. The van der Waals surface area contributed by atoms with E-state index < -0.39 is 0 Å². The van der Waals surface area contributed by atoms with Crippen molar-refractivity contribution in [3.8, 4) is 10.4 Å². The van der Waals surface area contributed by atoms with Crippen LogP contribution in [0.1, 0.15) is 0 Å². The number of nitrogens with zero attached hydrogens (tertiary/aromatic N) is 1. The van der Waals surface area contributed by atoms with Gasteiger partial charge in [-0.15, -0.1) is 11.3 Å². The molecular weight excluding hydrogens is 252 g/mol. The number of rotatable bonds is 1. The van der Waals surface area contributed by atoms with E-state index >= 15 is 0 Å². The van der Waals surface area contributed by atoms with Crippen LogP contribution in [-0.4, -0.2) is 4.98 Å². The Hall–Kier alpha value is -1.58. The number of thiophene rings is 1. The highest BCUT2D eigenvalue weighted by molar-refractivity contribution is 7.22. The molecule has 2 heterocycles. The topological polar surface area (TPSA) is 38.9 Å². The van der Waals surface area contributed by atoms with Crippen LogP contribution >= 0.6 is 22.9 Å². The number of aromatic nitrogens is 1. The summed E-state index contributed by atoms with van der Waals surface area (Å²) in [5, 5.41) is 1.74. The molecular formula is C13H9ClN2S. The van der Waals surface area contributed by atoms with E-state index in [1.165, 1.54) is 10.1 Å². The average molecular weight is 261 g/mol. The van der Waals surface area contributed by atoms with E-state index in [9.17, 15) is 0 Å². The Morgan fingerprint density at radius 1 is 1.18 bits per heavy atom. The summed E-state index contributed by atoms with van der Waals surface area (Å²) >= 11 is 7.71. The molecule has 0 saturated carbocycles. The van der Waals surface area contributed by atoms with Crippen LogP contribution in [-0.2, 0) is 0 Å². The first kappa shape index (κ1) is 10.6. The molecule has 0 atom stereocenters. The first-order valence-corrected chi connectivity index (χ1v) is 6.33. The summed E-state index contributed by atoms with van der Waals surface area (Å²) in [6.45, 7) is 0. The standard InChI is InChI=1S/C13H9ClN2S/c14-10-5-9(7-16-13(10)15)12-6-8-3-1-2-4-11(8)17-12/h1-7H,(H2,15,16). The van der Waals surface area contributed by atoms with Crippen LogP contribution in [0.2, 0.25) is 5.02 Å². The molecule has 0 unspecified atom stereocenters. The Bertz CT molecular complexity index is 658. The van der Waals surface area contributed by atoms with Crippen LogP contribution in [0.3, 0.4) is 0 Å². The maximum atomic E-state index is 5.98. The Labute approximate surface area is 108 Å². The van der Waals surface area contributed by atoms with Crippen molar-refractivity contribution >= 4 is 38.8 Å². The second kappa shape index (κ2) is 4.02. The number of pyridine rings is 1. The molecule has 0 spiro atoms. The molecule has 1 aromatic carbocycles. The number of hydrogen-bond donors (Lipinski definition) is 1. The highest BCUT2D eigenvalue weighted by Crippen LogP contribution is 2.34. The van der Waals surface area contributed by atoms with Crippen molar-refractivity contribution in [2.45, 2.75) is 0 Å². The minimum Gasteiger partial charge on any atom is -0.382 e. The van der Waals surface area contributed by atoms with Crippen molar-refractivity contribution in [2.24, 2.45) is 0 Å². The lowest BCUT2D eigenvalue weighted by atomic mass is 10.2. The van der Waals surface area contributed by atoms with Gasteiger partial charge in [0.2, 0.25) is 0 Å². The Morgan fingerprint density at radius 2 is 2.00 bits per heavy atom. The van der Waals surface area contributed by atoms with Crippen LogP contribution in [0.5, 0.6) is 0 Å². The minimum absolute atomic E-state index is 0.372. The van der Waals surface area contributed by atoms with Gasteiger partial charge >= 0.3 is 0 Å². The third-order valence-corrected chi connectivity index (χ3v) is 4.05. The summed E-state index contributed by atoms with van der Waals surface area (Å²) in [5.41, 5.74) is 6.61. The van der Waals surface area contributed by atoms with Gasteiger partial charge in [-0.1, -0.05) is 29.8 Å². The van der Waals surface area contributed by atoms with Crippen molar-refractivity contribution in [1.82, 2.24) is 4.98 Å². The van der Waals surface area contributed by atoms with Gasteiger partial charge in [-0.05, 0) is 23.6 Å². The molecule has 2 nitrogen and oxygen atoms in total. The van der Waals surface area contributed by atoms with E-state index in [1.54, 1.807) is 17.5 Å². The molecule has 0 aliphatic carbocycles. The van der Waals surface area contributed by atoms with Gasteiger partial charge in [0.15, 0.2) is 0 Å². The Morgan fingerprint density at radius 3 is 2.76 bits per heavy atom. The first-order chi connectivity index (χ1) is 8.24. The molecule has 0 radical (unpaired) electrons. The normalized spacial score (nSPS) is 10.9. The Balaban J connectivity index is 2.17. The van der Waals surface area contributed by atoms with Crippen molar-refractivity contribution in [3.63, 3.8) is 0 Å². The van der Waals surface area contributed by atoms with Gasteiger partial charge in [0.05, 0.1) is 5.02 Å². The number of halogens is 1. The first-order valence-electron chi connectivity index (χ1n) is 5.14. The largest absolute Gasteiger partial charge is 0.382 e. The fourth-order valence-corrected chi connectivity index (χ4v) is 2.92. The maximum Gasteiger partial charge on any atom is 0.142 e. The lowest BCUT2D eigenvalue weighted by Gasteiger charge is -1.99. The summed E-state index contributed by atoms with van der Waals surface area (Å²) in [5.74, 6) is 0.372. The van der Waals surface area contributed by atoms with Crippen molar-refractivity contribution in [3.05, 3.63) is 47.6 Å². The van der Waals surface area contributed by atoms with E-state index in [0.29, 0.717) is 10.8 Å². The zero-order valence-corrected chi connectivity index (χ0v) is 10.4. The Kier molecular flexibility index (Phi) is 2.50. The van der Waals surface area contributed by atoms with Crippen LogP contribution in [0.15, 0.2) is 42.6 Å². The molecule has 0 aliphatic heterocycles. The summed E-state index contributed by atoms with van der Waals surface area (Å²) < 4.78 is 1.26. The predicted molar refractivity (Wildman–Crippen MR) is 74.5 cm³/mol. The van der Waals surface area contributed by atoms with Crippen molar-refractivity contribution in [2.75, 3.05) is 5.73 Å². The van der Waals surface area contributed by atoms with Gasteiger partial charge in [-0.2, -0.15) is 0 Å². The van der Waals surface area contributed by atoms with Crippen LogP contribution in [0.4, 0.5) is 5.82 Å². The van der Waals surface area contributed by atoms with Crippen molar-refractivity contribution < 1.29 is 0 Å². The lowest BCUT2D eigenvalue weighted by molar-refractivity contribution is 1.34. The smallest absolute Gasteiger partial charge is 0.142 e. The van der Waals surface area contributed by atoms with E-state index in [2.05, 4.69) is 23.2 Å². The molecule has 17 heavy (non-hydrogen) atoms. The van der Waals surface area contributed by atoms with E-state index in [1.807, 2.05) is 18.2 Å². The number of fused-ring (bicyclic) bond motifs is 1. The summed E-state index contributed by atoms with van der Waals surface area (Å²) in [6, 6.07) is 12.3. The number of hydrogen-bond acceptors (Lipinski definition) is 3. The van der Waals surface area contributed by atoms with Crippen LogP contribution in [0.25, 0.3) is 20.5 Å². The van der Waals surface area contributed by atoms with E-state index in [4.69, 9.17) is 17.3 Å². The molecule has 0 bridgehead atoms. The monoisotopic (exact) mass is 260 g/mol. The molecule has 84 valence electrons. The van der Waals surface area contributed by atoms with Gasteiger partial charge < -0.3 is 5.73 Å². The van der Waals surface area contributed by atoms with Gasteiger partial charge in [-0.3, -0.25) is 0 Å². The van der Waals surface area contributed by atoms with Gasteiger partial charge in [0, 0.05) is 21.3 Å². The molecule has 4 heteroatoms. The maximum absolute atomic E-state index is 5.98. The molecule has 0 saturated heterocycles. The molecule has 0 aliphatic rings. The van der Waals surface area contributed by atoms with E-state index in [0.717, 1.165) is 10.4 Å². The quantitative estimate of drug-likeness (QED) is 0.712. The number of anilines is 1. The average Bonchev–Trinajstić information content (AvgIpc) is 2.76. The summed E-state index contributed by atoms with van der Waals surface area (Å²) in [6.07, 6.45) is 1.76. The minimum atomic E-state index is 0.372. The molecule has 3 rings (SSSR count). The third kappa shape index (κ3) is 1.88. The second-order valence-electron chi connectivity index (χ2n) is 3.74. The van der Waals surface area contributed by atoms with Gasteiger partial charge in [-0.25, -0.2) is 4.98 Å². The fraction of sp³-hybridized carbons (Fsp3) is 0. The zero-order chi connectivity index (χ0) is 11.8. The zero-order valence-electron chi connectivity index (χ0n) is 8.85. The van der Waals surface area contributed by atoms with Gasteiger partial charge in [0.25, 0.3) is 0 Å². The van der Waals surface area contributed by atoms with Crippen molar-refractivity contribution in [1.29, 1.82) is 0 Å². The molecule has 2 aromatic heterocycles. The number of nitrogen functional groups attached to an aromatic ring is 1. The molecule has 3 aromatic rings. The highest BCUT2D eigenvalue weighted by atomic mass is 35.5. The van der Waals surface area contributed by atoms with Gasteiger partial charge in [0.1, 0.15) is 5.82 Å². The lowest BCUT2D eigenvalue weighted by Crippen LogP contribution is -1.90. The van der Waals surface area contributed by atoms with Crippen LogP contribution < -0.4 is 5.73 Å². The molecule has 0 amide bonds. The third-order valence-electron chi connectivity index (χ3n) is 2.58. The number of benzene rings is 1. The predicted octanol–water partition coefficient (Wildman–Crippen LogP) is 4.20. The second-order valence-corrected chi connectivity index (χ2v) is 5.23.